The van der Waals surface area contributed by atoms with Gasteiger partial charge in [-0.3, -0.25) is 4.79 Å². The van der Waals surface area contributed by atoms with Gasteiger partial charge in [0.05, 0.1) is 5.75 Å². The van der Waals surface area contributed by atoms with E-state index in [2.05, 4.69) is 10.0 Å². The first-order valence-electron chi connectivity index (χ1n) is 5.96. The zero-order valence-corrected chi connectivity index (χ0v) is 11.8. The van der Waals surface area contributed by atoms with E-state index >= 15 is 0 Å². The van der Waals surface area contributed by atoms with Crippen LogP contribution in [-0.4, -0.2) is 26.9 Å². The van der Waals surface area contributed by atoms with E-state index in [4.69, 9.17) is 11.6 Å². The average molecular weight is 303 g/mol. The number of benzene rings is 1. The maximum Gasteiger partial charge on any atom is 0.220 e. The molecule has 1 atom stereocenters. The van der Waals surface area contributed by atoms with E-state index in [1.165, 1.54) is 0 Å². The van der Waals surface area contributed by atoms with Crippen LogP contribution < -0.4 is 10.0 Å². The molecule has 1 aromatic carbocycles. The molecule has 5 nitrogen and oxygen atoms in total. The Hall–Kier alpha value is -1.11. The predicted octanol–water partition coefficient (Wildman–Crippen LogP) is 1.04. The Morgan fingerprint density at radius 3 is 2.58 bits per heavy atom. The first kappa shape index (κ1) is 14.3. The van der Waals surface area contributed by atoms with Gasteiger partial charge in [0.25, 0.3) is 0 Å². The van der Waals surface area contributed by atoms with Crippen LogP contribution in [-0.2, 0) is 20.6 Å². The molecule has 1 aliphatic heterocycles. The summed E-state index contributed by atoms with van der Waals surface area (Å²) in [5, 5.41) is 3.29. The maximum atomic E-state index is 11.9. The molecule has 0 aliphatic carbocycles. The Bertz CT molecular complexity index is 557. The van der Waals surface area contributed by atoms with Gasteiger partial charge in [-0.1, -0.05) is 23.7 Å². The molecule has 2 N–H and O–H groups in total. The van der Waals surface area contributed by atoms with E-state index in [1.807, 2.05) is 0 Å². The third kappa shape index (κ3) is 4.49. The van der Waals surface area contributed by atoms with Crippen molar-refractivity contribution < 1.29 is 13.2 Å². The van der Waals surface area contributed by atoms with Gasteiger partial charge in [0, 0.05) is 24.0 Å². The molecule has 0 saturated carbocycles. The molecule has 1 unspecified atom stereocenters. The highest BCUT2D eigenvalue weighted by Crippen LogP contribution is 2.12. The normalized spacial score (nSPS) is 19.4. The van der Waals surface area contributed by atoms with Crippen LogP contribution in [0.4, 0.5) is 0 Å². The number of carbonyl (C=O) groups excluding carboxylic acids is 1. The van der Waals surface area contributed by atoms with Gasteiger partial charge < -0.3 is 5.32 Å². The molecule has 7 heteroatoms. The third-order valence-corrected chi connectivity index (χ3v) is 4.48. The second kappa shape index (κ2) is 5.90. The summed E-state index contributed by atoms with van der Waals surface area (Å²) in [5.74, 6) is -0.118. The standard InChI is InChI=1S/C12H15ClN2O3S/c13-10-3-1-9(2-4-10)8-19(17,18)14-7-11-5-6-12(16)15-11/h1-4,11,14H,5-8H2,(H,15,16). The van der Waals surface area contributed by atoms with Crippen molar-refractivity contribution in [2.24, 2.45) is 0 Å². The van der Waals surface area contributed by atoms with Gasteiger partial charge in [0.1, 0.15) is 0 Å². The summed E-state index contributed by atoms with van der Waals surface area (Å²) in [7, 11) is -3.40. The molecular formula is C12H15ClN2O3S. The van der Waals surface area contributed by atoms with Crippen LogP contribution >= 0.6 is 11.6 Å². The molecular weight excluding hydrogens is 288 g/mol. The number of halogens is 1. The van der Waals surface area contributed by atoms with E-state index in [0.717, 1.165) is 0 Å². The minimum absolute atomic E-state index is 0.0260. The number of rotatable bonds is 5. The van der Waals surface area contributed by atoms with Gasteiger partial charge in [-0.05, 0) is 24.1 Å². The molecule has 0 aromatic heterocycles. The SMILES string of the molecule is O=C1CCC(CNS(=O)(=O)Cc2ccc(Cl)cc2)N1. The van der Waals surface area contributed by atoms with Crippen molar-refractivity contribution in [1.29, 1.82) is 0 Å². The Morgan fingerprint density at radius 1 is 1.32 bits per heavy atom. The monoisotopic (exact) mass is 302 g/mol. The molecule has 0 radical (unpaired) electrons. The van der Waals surface area contributed by atoms with Crippen molar-refractivity contribution in [2.45, 2.75) is 24.6 Å². The van der Waals surface area contributed by atoms with Crippen molar-refractivity contribution in [1.82, 2.24) is 10.0 Å². The van der Waals surface area contributed by atoms with E-state index in [0.29, 0.717) is 23.4 Å². The third-order valence-electron chi connectivity index (χ3n) is 2.90. The predicted molar refractivity (Wildman–Crippen MR) is 73.2 cm³/mol. The van der Waals surface area contributed by atoms with Crippen LogP contribution in [0.1, 0.15) is 18.4 Å². The minimum Gasteiger partial charge on any atom is -0.352 e. The lowest BCUT2D eigenvalue weighted by molar-refractivity contribution is -0.119. The molecule has 2 rings (SSSR count). The lowest BCUT2D eigenvalue weighted by Crippen LogP contribution is -2.38. The summed E-state index contributed by atoms with van der Waals surface area (Å²) < 4.78 is 26.2. The van der Waals surface area contributed by atoms with Gasteiger partial charge in [-0.2, -0.15) is 0 Å². The number of amides is 1. The van der Waals surface area contributed by atoms with Crippen molar-refractivity contribution in [3.05, 3.63) is 34.9 Å². The zero-order valence-electron chi connectivity index (χ0n) is 10.2. The van der Waals surface area contributed by atoms with Crippen LogP contribution in [0.3, 0.4) is 0 Å². The van der Waals surface area contributed by atoms with Gasteiger partial charge >= 0.3 is 0 Å². The highest BCUT2D eigenvalue weighted by Gasteiger charge is 2.22. The van der Waals surface area contributed by atoms with E-state index in [1.54, 1.807) is 24.3 Å². The van der Waals surface area contributed by atoms with Crippen molar-refractivity contribution in [3.8, 4) is 0 Å². The molecule has 104 valence electrons. The fourth-order valence-electron chi connectivity index (χ4n) is 1.91. The van der Waals surface area contributed by atoms with E-state index < -0.39 is 10.0 Å². The number of hydrogen-bond acceptors (Lipinski definition) is 3. The minimum atomic E-state index is -3.40. The van der Waals surface area contributed by atoms with Crippen LogP contribution in [0.15, 0.2) is 24.3 Å². The number of hydrogen-bond donors (Lipinski definition) is 2. The van der Waals surface area contributed by atoms with Gasteiger partial charge in [-0.25, -0.2) is 13.1 Å². The number of carbonyl (C=O) groups is 1. The smallest absolute Gasteiger partial charge is 0.220 e. The molecule has 1 amide bonds. The van der Waals surface area contributed by atoms with E-state index in [9.17, 15) is 13.2 Å². The molecule has 0 spiro atoms. The Labute approximate surface area is 117 Å². The van der Waals surface area contributed by atoms with Crippen molar-refractivity contribution in [2.75, 3.05) is 6.54 Å². The topological polar surface area (TPSA) is 75.3 Å². The Balaban J connectivity index is 1.88. The first-order chi connectivity index (χ1) is 8.94. The highest BCUT2D eigenvalue weighted by atomic mass is 35.5. The van der Waals surface area contributed by atoms with Gasteiger partial charge in [0.15, 0.2) is 0 Å². The lowest BCUT2D eigenvalue weighted by Gasteiger charge is -2.11. The second-order valence-corrected chi connectivity index (χ2v) is 6.78. The molecule has 1 heterocycles. The lowest BCUT2D eigenvalue weighted by atomic mass is 10.2. The van der Waals surface area contributed by atoms with Crippen LogP contribution in [0.2, 0.25) is 5.02 Å². The Morgan fingerprint density at radius 2 is 2.00 bits per heavy atom. The zero-order chi connectivity index (χ0) is 13.9. The summed E-state index contributed by atoms with van der Waals surface area (Å²) in [4.78, 5) is 11.0. The second-order valence-electron chi connectivity index (χ2n) is 4.54. The summed E-state index contributed by atoms with van der Waals surface area (Å²) in [5.41, 5.74) is 0.673. The summed E-state index contributed by atoms with van der Waals surface area (Å²) in [6.45, 7) is 0.238. The highest BCUT2D eigenvalue weighted by molar-refractivity contribution is 7.88. The quantitative estimate of drug-likeness (QED) is 0.853. The molecule has 0 bridgehead atoms. The Kier molecular flexibility index (Phi) is 4.44. The van der Waals surface area contributed by atoms with Gasteiger partial charge in [0.2, 0.25) is 15.9 Å². The average Bonchev–Trinajstić information content (AvgIpc) is 2.76. The number of nitrogens with one attached hydrogen (secondary N) is 2. The summed E-state index contributed by atoms with van der Waals surface area (Å²) >= 11 is 5.74. The van der Waals surface area contributed by atoms with Gasteiger partial charge in [-0.15, -0.1) is 0 Å². The molecule has 1 aliphatic rings. The van der Waals surface area contributed by atoms with Crippen LogP contribution in [0, 0.1) is 0 Å². The van der Waals surface area contributed by atoms with E-state index in [-0.39, 0.29) is 24.2 Å². The van der Waals surface area contributed by atoms with Crippen LogP contribution in [0.5, 0.6) is 0 Å². The largest absolute Gasteiger partial charge is 0.352 e. The molecule has 1 saturated heterocycles. The summed E-state index contributed by atoms with van der Waals surface area (Å²) in [6.07, 6.45) is 1.13. The molecule has 1 fully saturated rings. The van der Waals surface area contributed by atoms with Crippen LogP contribution in [0.25, 0.3) is 0 Å². The molecule has 19 heavy (non-hydrogen) atoms. The molecule has 1 aromatic rings. The van der Waals surface area contributed by atoms with Crippen molar-refractivity contribution in [3.63, 3.8) is 0 Å². The maximum absolute atomic E-state index is 11.9. The first-order valence-corrected chi connectivity index (χ1v) is 7.99. The van der Waals surface area contributed by atoms with Crippen molar-refractivity contribution >= 4 is 27.5 Å². The fourth-order valence-corrected chi connectivity index (χ4v) is 3.22. The fraction of sp³-hybridized carbons (Fsp3) is 0.417. The number of sulfonamides is 1. The summed E-state index contributed by atoms with van der Waals surface area (Å²) in [6, 6.07) is 6.57.